The van der Waals surface area contributed by atoms with Gasteiger partial charge in [0.05, 0.1) is 14.2 Å². The first-order valence-electron chi connectivity index (χ1n) is 9.45. The van der Waals surface area contributed by atoms with E-state index in [0.29, 0.717) is 6.54 Å². The maximum Gasteiger partial charge on any atom is 0.191 e. The first-order chi connectivity index (χ1) is 13.7. The number of benzene rings is 2. The van der Waals surface area contributed by atoms with Crippen LogP contribution in [0.3, 0.4) is 0 Å². The Morgan fingerprint density at radius 3 is 2.64 bits per heavy atom. The molecule has 0 aliphatic heterocycles. The molecule has 28 heavy (non-hydrogen) atoms. The molecule has 0 aliphatic carbocycles. The van der Waals surface area contributed by atoms with Gasteiger partial charge in [-0.3, -0.25) is 4.99 Å². The summed E-state index contributed by atoms with van der Waals surface area (Å²) in [4.78, 5) is 7.63. The number of hydrogen-bond acceptors (Lipinski definition) is 3. The molecule has 1 aromatic heterocycles. The standard InChI is InChI=1S/C22H28N4O2/c1-23-22(26-14-16-10-11-20(27-2)21(13-16)28-3)24-12-6-7-17-15-25-19-9-5-4-8-18(17)19/h4-5,8-11,13,15,25H,6-7,12,14H2,1-3H3,(H2,23,24,26). The van der Waals surface area contributed by atoms with Gasteiger partial charge in [0.15, 0.2) is 17.5 Å². The quantitative estimate of drug-likeness (QED) is 0.318. The molecular formula is C22H28N4O2. The van der Waals surface area contributed by atoms with Crippen LogP contribution < -0.4 is 20.1 Å². The molecule has 6 heteroatoms. The van der Waals surface area contributed by atoms with Crippen molar-refractivity contribution in [3.05, 3.63) is 59.8 Å². The second-order valence-corrected chi connectivity index (χ2v) is 6.50. The molecular weight excluding hydrogens is 352 g/mol. The number of ether oxygens (including phenoxy) is 2. The van der Waals surface area contributed by atoms with Gasteiger partial charge in [-0.15, -0.1) is 0 Å². The van der Waals surface area contributed by atoms with E-state index in [1.807, 2.05) is 18.2 Å². The molecule has 0 spiro atoms. The van der Waals surface area contributed by atoms with Crippen LogP contribution in [0, 0.1) is 0 Å². The number of rotatable bonds is 8. The molecule has 0 saturated heterocycles. The molecule has 1 heterocycles. The highest BCUT2D eigenvalue weighted by Crippen LogP contribution is 2.27. The zero-order chi connectivity index (χ0) is 19.8. The van der Waals surface area contributed by atoms with Gasteiger partial charge in [0.25, 0.3) is 0 Å². The van der Waals surface area contributed by atoms with Crippen LogP contribution in [0.5, 0.6) is 11.5 Å². The molecule has 3 rings (SSSR count). The summed E-state index contributed by atoms with van der Waals surface area (Å²) in [5.41, 5.74) is 3.64. The van der Waals surface area contributed by atoms with Crippen LogP contribution in [0.1, 0.15) is 17.5 Å². The molecule has 2 aromatic carbocycles. The Kier molecular flexibility index (Phi) is 6.78. The third-order valence-electron chi connectivity index (χ3n) is 4.72. The fourth-order valence-corrected chi connectivity index (χ4v) is 3.22. The number of H-pyrrole nitrogens is 1. The van der Waals surface area contributed by atoms with E-state index >= 15 is 0 Å². The van der Waals surface area contributed by atoms with Crippen molar-refractivity contribution >= 4 is 16.9 Å². The average Bonchev–Trinajstić information content (AvgIpc) is 3.16. The Labute approximate surface area is 166 Å². The van der Waals surface area contributed by atoms with E-state index in [2.05, 4.69) is 51.1 Å². The topological polar surface area (TPSA) is 70.7 Å². The van der Waals surface area contributed by atoms with E-state index in [9.17, 15) is 0 Å². The van der Waals surface area contributed by atoms with Crippen molar-refractivity contribution in [3.63, 3.8) is 0 Å². The Hall–Kier alpha value is -3.15. The minimum atomic E-state index is 0.655. The van der Waals surface area contributed by atoms with Crippen LogP contribution in [-0.4, -0.2) is 38.8 Å². The summed E-state index contributed by atoms with van der Waals surface area (Å²) >= 11 is 0. The SMILES string of the molecule is CN=C(NCCCc1c[nH]c2ccccc12)NCc1ccc(OC)c(OC)c1. The zero-order valence-electron chi connectivity index (χ0n) is 16.7. The Balaban J connectivity index is 1.46. The van der Waals surface area contributed by atoms with Crippen LogP contribution in [0.25, 0.3) is 10.9 Å². The lowest BCUT2D eigenvalue weighted by atomic mass is 10.1. The highest BCUT2D eigenvalue weighted by atomic mass is 16.5. The van der Waals surface area contributed by atoms with Gasteiger partial charge in [-0.25, -0.2) is 0 Å². The molecule has 3 aromatic rings. The number of fused-ring (bicyclic) bond motifs is 1. The third-order valence-corrected chi connectivity index (χ3v) is 4.72. The van der Waals surface area contributed by atoms with Crippen molar-refractivity contribution in [2.45, 2.75) is 19.4 Å². The average molecular weight is 380 g/mol. The fraction of sp³-hybridized carbons (Fsp3) is 0.318. The van der Waals surface area contributed by atoms with Crippen LogP contribution >= 0.6 is 0 Å². The van der Waals surface area contributed by atoms with E-state index in [0.717, 1.165) is 42.4 Å². The van der Waals surface area contributed by atoms with Gasteiger partial charge < -0.3 is 25.1 Å². The van der Waals surface area contributed by atoms with E-state index in [-0.39, 0.29) is 0 Å². The molecule has 0 amide bonds. The summed E-state index contributed by atoms with van der Waals surface area (Å²) in [6.45, 7) is 1.51. The first kappa shape index (κ1) is 19.6. The lowest BCUT2D eigenvalue weighted by molar-refractivity contribution is 0.354. The maximum atomic E-state index is 5.35. The van der Waals surface area contributed by atoms with Crippen molar-refractivity contribution in [2.24, 2.45) is 4.99 Å². The number of guanidine groups is 1. The van der Waals surface area contributed by atoms with Crippen molar-refractivity contribution in [3.8, 4) is 11.5 Å². The van der Waals surface area contributed by atoms with E-state index in [1.54, 1.807) is 21.3 Å². The molecule has 0 radical (unpaired) electrons. The van der Waals surface area contributed by atoms with Crippen molar-refractivity contribution in [2.75, 3.05) is 27.8 Å². The minimum absolute atomic E-state index is 0.655. The van der Waals surface area contributed by atoms with Crippen LogP contribution in [0.4, 0.5) is 0 Å². The van der Waals surface area contributed by atoms with Gasteiger partial charge in [0.1, 0.15) is 0 Å². The van der Waals surface area contributed by atoms with Crippen molar-refractivity contribution in [1.29, 1.82) is 0 Å². The second-order valence-electron chi connectivity index (χ2n) is 6.50. The van der Waals surface area contributed by atoms with Crippen LogP contribution in [-0.2, 0) is 13.0 Å². The first-order valence-corrected chi connectivity index (χ1v) is 9.45. The molecule has 6 nitrogen and oxygen atoms in total. The second kappa shape index (κ2) is 9.69. The van der Waals surface area contributed by atoms with Crippen LogP contribution in [0.15, 0.2) is 53.7 Å². The number of hydrogen-bond donors (Lipinski definition) is 3. The summed E-state index contributed by atoms with van der Waals surface area (Å²) < 4.78 is 10.6. The molecule has 148 valence electrons. The lowest BCUT2D eigenvalue weighted by Crippen LogP contribution is -2.37. The van der Waals surface area contributed by atoms with Gasteiger partial charge in [0.2, 0.25) is 0 Å². The molecule has 0 saturated carbocycles. The molecule has 0 atom stereocenters. The molecule has 0 fully saturated rings. The summed E-state index contributed by atoms with van der Waals surface area (Å²) in [6, 6.07) is 14.3. The number of nitrogens with one attached hydrogen (secondary N) is 3. The number of aromatic amines is 1. The highest BCUT2D eigenvalue weighted by molar-refractivity contribution is 5.83. The normalized spacial score (nSPS) is 11.5. The number of nitrogens with zero attached hydrogens (tertiary/aromatic N) is 1. The van der Waals surface area contributed by atoms with E-state index in [1.165, 1.54) is 16.5 Å². The van der Waals surface area contributed by atoms with E-state index in [4.69, 9.17) is 9.47 Å². The Bertz CT molecular complexity index is 933. The number of aryl methyl sites for hydroxylation is 1. The summed E-state index contributed by atoms with van der Waals surface area (Å²) in [6.07, 6.45) is 4.15. The number of methoxy groups -OCH3 is 2. The van der Waals surface area contributed by atoms with Gasteiger partial charge in [-0.1, -0.05) is 24.3 Å². The molecule has 0 aliphatic rings. The lowest BCUT2D eigenvalue weighted by Gasteiger charge is -2.13. The van der Waals surface area contributed by atoms with Gasteiger partial charge >= 0.3 is 0 Å². The third kappa shape index (κ3) is 4.76. The predicted molar refractivity (Wildman–Crippen MR) is 114 cm³/mol. The fourth-order valence-electron chi connectivity index (χ4n) is 3.22. The van der Waals surface area contributed by atoms with Gasteiger partial charge in [-0.05, 0) is 42.2 Å². The monoisotopic (exact) mass is 380 g/mol. The summed E-state index contributed by atoms with van der Waals surface area (Å²) in [5.74, 6) is 2.24. The number of aliphatic imine (C=N–C) groups is 1. The van der Waals surface area contributed by atoms with Crippen molar-refractivity contribution in [1.82, 2.24) is 15.6 Å². The molecule has 0 bridgehead atoms. The Morgan fingerprint density at radius 2 is 1.86 bits per heavy atom. The summed E-state index contributed by atoms with van der Waals surface area (Å²) in [7, 11) is 5.06. The molecule has 0 unspecified atom stereocenters. The molecule has 3 N–H and O–H groups in total. The number of para-hydroxylation sites is 1. The van der Waals surface area contributed by atoms with Gasteiger partial charge in [0, 0.05) is 37.2 Å². The summed E-state index contributed by atoms with van der Waals surface area (Å²) in [5, 5.41) is 8.01. The Morgan fingerprint density at radius 1 is 1.04 bits per heavy atom. The zero-order valence-corrected chi connectivity index (χ0v) is 16.7. The van der Waals surface area contributed by atoms with E-state index < -0.39 is 0 Å². The maximum absolute atomic E-state index is 5.35. The number of aromatic nitrogens is 1. The predicted octanol–water partition coefficient (Wildman–Crippen LogP) is 3.48. The highest BCUT2D eigenvalue weighted by Gasteiger charge is 2.06. The van der Waals surface area contributed by atoms with Gasteiger partial charge in [-0.2, -0.15) is 0 Å². The van der Waals surface area contributed by atoms with Crippen molar-refractivity contribution < 1.29 is 9.47 Å². The van der Waals surface area contributed by atoms with Crippen LogP contribution in [0.2, 0.25) is 0 Å². The minimum Gasteiger partial charge on any atom is -0.493 e. The largest absolute Gasteiger partial charge is 0.493 e. The smallest absolute Gasteiger partial charge is 0.191 e.